The van der Waals surface area contributed by atoms with Crippen molar-refractivity contribution in [1.82, 2.24) is 0 Å². The van der Waals surface area contributed by atoms with E-state index in [1.807, 2.05) is 0 Å². The maximum Gasteiger partial charge on any atom is 0.264 e. The average Bonchev–Trinajstić information content (AvgIpc) is 3.17. The van der Waals surface area contributed by atoms with Gasteiger partial charge in [-0.05, 0) is 111 Å². The Morgan fingerprint density at radius 3 is 2.43 bits per heavy atom. The molecular formula is C32H56O4S. The van der Waals surface area contributed by atoms with Gasteiger partial charge >= 0.3 is 0 Å². The second-order valence-electron chi connectivity index (χ2n) is 14.3. The minimum absolute atomic E-state index is 0.261. The van der Waals surface area contributed by atoms with Crippen LogP contribution in [-0.2, 0) is 19.0 Å². The molecule has 3 fully saturated rings. The van der Waals surface area contributed by atoms with Crippen LogP contribution in [0.2, 0.25) is 0 Å². The van der Waals surface area contributed by atoms with E-state index in [1.165, 1.54) is 57.8 Å². The van der Waals surface area contributed by atoms with E-state index in [0.29, 0.717) is 23.5 Å². The van der Waals surface area contributed by atoms with E-state index in [2.05, 4.69) is 40.7 Å². The Labute approximate surface area is 228 Å². The third-order valence-electron chi connectivity index (χ3n) is 11.4. The van der Waals surface area contributed by atoms with E-state index < -0.39 is 10.1 Å². The standard InChI is InChI=1S/C32H56O4S/c1-23(2)10-9-11-24(3)28-14-15-29-27-13-12-25-22-26(35-20-7-8-21-36-37(6,33)34)16-18-31(25,4)30(27)17-19-32(28,29)5/h12,23-24,26-30H,7-11,13-22H2,1-6H3/t24-,26+,27?,28-,29?,30?,31+,32-/m1/s1. The highest BCUT2D eigenvalue weighted by atomic mass is 32.2. The predicted octanol–water partition coefficient (Wildman–Crippen LogP) is 8.17. The van der Waals surface area contributed by atoms with E-state index in [0.717, 1.165) is 67.4 Å². The predicted molar refractivity (Wildman–Crippen MR) is 153 cm³/mol. The summed E-state index contributed by atoms with van der Waals surface area (Å²) in [6.07, 6.45) is 20.5. The first kappa shape index (κ1) is 29.6. The number of allylic oxidation sites excluding steroid dienone is 1. The first-order valence-corrected chi connectivity index (χ1v) is 17.4. The van der Waals surface area contributed by atoms with Gasteiger partial charge in [0.15, 0.2) is 0 Å². The molecule has 0 heterocycles. The van der Waals surface area contributed by atoms with E-state index in [4.69, 9.17) is 8.92 Å². The second-order valence-corrected chi connectivity index (χ2v) is 15.9. The van der Waals surface area contributed by atoms with Crippen molar-refractivity contribution in [1.29, 1.82) is 0 Å². The highest BCUT2D eigenvalue weighted by Crippen LogP contribution is 2.67. The van der Waals surface area contributed by atoms with Gasteiger partial charge in [-0.25, -0.2) is 0 Å². The lowest BCUT2D eigenvalue weighted by atomic mass is 9.47. The van der Waals surface area contributed by atoms with E-state index in [-0.39, 0.29) is 6.61 Å². The Morgan fingerprint density at radius 1 is 0.946 bits per heavy atom. The smallest absolute Gasteiger partial charge is 0.264 e. The Bertz CT molecular complexity index is 894. The number of hydrogen-bond donors (Lipinski definition) is 0. The number of fused-ring (bicyclic) bond motifs is 5. The van der Waals surface area contributed by atoms with Crippen LogP contribution in [0.25, 0.3) is 0 Å². The Morgan fingerprint density at radius 2 is 1.70 bits per heavy atom. The van der Waals surface area contributed by atoms with Crippen molar-refractivity contribution in [3.63, 3.8) is 0 Å². The molecule has 37 heavy (non-hydrogen) atoms. The first-order chi connectivity index (χ1) is 17.4. The van der Waals surface area contributed by atoms with Crippen molar-refractivity contribution in [2.75, 3.05) is 19.5 Å². The van der Waals surface area contributed by atoms with Gasteiger partial charge < -0.3 is 4.74 Å². The van der Waals surface area contributed by atoms with E-state index in [9.17, 15) is 8.42 Å². The summed E-state index contributed by atoms with van der Waals surface area (Å²) in [5.41, 5.74) is 2.61. The number of ether oxygens (including phenoxy) is 1. The summed E-state index contributed by atoms with van der Waals surface area (Å²) in [4.78, 5) is 0. The lowest BCUT2D eigenvalue weighted by Crippen LogP contribution is -2.51. The maximum atomic E-state index is 11.1. The van der Waals surface area contributed by atoms with E-state index >= 15 is 0 Å². The minimum atomic E-state index is -3.33. The van der Waals surface area contributed by atoms with Crippen molar-refractivity contribution < 1.29 is 17.3 Å². The maximum absolute atomic E-state index is 11.1. The average molecular weight is 537 g/mol. The quantitative estimate of drug-likeness (QED) is 0.143. The normalized spacial score (nSPS) is 38.6. The third-order valence-corrected chi connectivity index (χ3v) is 12.0. The van der Waals surface area contributed by atoms with Gasteiger partial charge in [0.2, 0.25) is 0 Å². The molecular weight excluding hydrogens is 480 g/mol. The van der Waals surface area contributed by atoms with Gasteiger partial charge in [-0.3, -0.25) is 4.18 Å². The molecule has 0 aromatic rings. The van der Waals surface area contributed by atoms with Crippen LogP contribution in [0.15, 0.2) is 11.6 Å². The second kappa shape index (κ2) is 12.0. The van der Waals surface area contributed by atoms with Gasteiger partial charge in [-0.15, -0.1) is 0 Å². The Kier molecular flexibility index (Phi) is 9.60. The first-order valence-electron chi connectivity index (χ1n) is 15.6. The zero-order valence-corrected chi connectivity index (χ0v) is 25.6. The molecule has 0 radical (unpaired) electrons. The molecule has 0 aliphatic heterocycles. The van der Waals surface area contributed by atoms with Crippen molar-refractivity contribution in [3.8, 4) is 0 Å². The number of hydrogen-bond acceptors (Lipinski definition) is 4. The van der Waals surface area contributed by atoms with Crippen molar-refractivity contribution in [2.24, 2.45) is 46.3 Å². The number of unbranched alkanes of at least 4 members (excludes halogenated alkanes) is 1. The minimum Gasteiger partial charge on any atom is -0.378 e. The molecule has 4 rings (SSSR count). The molecule has 0 saturated heterocycles. The molecule has 0 amide bonds. The van der Waals surface area contributed by atoms with Gasteiger partial charge in [0.1, 0.15) is 0 Å². The summed E-state index contributed by atoms with van der Waals surface area (Å²) in [5.74, 6) is 5.29. The van der Waals surface area contributed by atoms with Crippen molar-refractivity contribution in [2.45, 2.75) is 124 Å². The molecule has 4 nitrogen and oxygen atoms in total. The fourth-order valence-electron chi connectivity index (χ4n) is 9.46. The van der Waals surface area contributed by atoms with Crippen molar-refractivity contribution >= 4 is 10.1 Å². The van der Waals surface area contributed by atoms with Gasteiger partial charge in [-0.2, -0.15) is 8.42 Å². The van der Waals surface area contributed by atoms with Crippen LogP contribution in [0, 0.1) is 46.3 Å². The molecule has 5 heteroatoms. The highest BCUT2D eigenvalue weighted by Gasteiger charge is 2.59. The topological polar surface area (TPSA) is 52.6 Å². The summed E-state index contributed by atoms with van der Waals surface area (Å²) in [7, 11) is -3.33. The Balaban J connectivity index is 1.31. The Hall–Kier alpha value is -0.390. The van der Waals surface area contributed by atoms with Crippen LogP contribution in [0.1, 0.15) is 118 Å². The van der Waals surface area contributed by atoms with E-state index in [1.54, 1.807) is 5.57 Å². The van der Waals surface area contributed by atoms with Gasteiger partial charge in [0.25, 0.3) is 10.1 Å². The highest BCUT2D eigenvalue weighted by molar-refractivity contribution is 7.85. The zero-order chi connectivity index (χ0) is 26.8. The summed E-state index contributed by atoms with van der Waals surface area (Å²) < 4.78 is 33.3. The molecule has 0 bridgehead atoms. The summed E-state index contributed by atoms with van der Waals surface area (Å²) >= 11 is 0. The molecule has 0 spiro atoms. The molecule has 214 valence electrons. The number of rotatable bonds is 12. The SMILES string of the molecule is CC(C)CCC[C@@H](C)[C@H]1CCC2C3CC=C4C[C@@H](OCCCCOS(C)(=O)=O)CC[C@]4(C)C3CC[C@@]21C. The van der Waals surface area contributed by atoms with Gasteiger partial charge in [-0.1, -0.05) is 65.5 Å². The van der Waals surface area contributed by atoms with Crippen LogP contribution in [0.5, 0.6) is 0 Å². The van der Waals surface area contributed by atoms with Gasteiger partial charge in [0, 0.05) is 6.61 Å². The zero-order valence-electron chi connectivity index (χ0n) is 24.8. The lowest BCUT2D eigenvalue weighted by molar-refractivity contribution is -0.0641. The fourth-order valence-corrected chi connectivity index (χ4v) is 9.88. The van der Waals surface area contributed by atoms with Crippen LogP contribution in [-0.4, -0.2) is 34.0 Å². The molecule has 3 unspecified atom stereocenters. The third kappa shape index (κ3) is 6.68. The summed E-state index contributed by atoms with van der Waals surface area (Å²) in [6, 6.07) is 0. The molecule has 0 aromatic carbocycles. The van der Waals surface area contributed by atoms with Crippen LogP contribution in [0.3, 0.4) is 0 Å². The molecule has 4 aliphatic rings. The van der Waals surface area contributed by atoms with Gasteiger partial charge in [0.05, 0.1) is 19.0 Å². The molecule has 3 saturated carbocycles. The van der Waals surface area contributed by atoms with Crippen LogP contribution < -0.4 is 0 Å². The molecule has 0 N–H and O–H groups in total. The fraction of sp³-hybridized carbons (Fsp3) is 0.938. The lowest BCUT2D eigenvalue weighted by Gasteiger charge is -2.58. The summed E-state index contributed by atoms with van der Waals surface area (Å²) in [6.45, 7) is 13.6. The largest absolute Gasteiger partial charge is 0.378 e. The van der Waals surface area contributed by atoms with Crippen LogP contribution >= 0.6 is 0 Å². The van der Waals surface area contributed by atoms with Crippen LogP contribution in [0.4, 0.5) is 0 Å². The summed E-state index contributed by atoms with van der Waals surface area (Å²) in [5, 5.41) is 0. The molecule has 0 aromatic heterocycles. The van der Waals surface area contributed by atoms with Crippen molar-refractivity contribution in [3.05, 3.63) is 11.6 Å². The molecule has 8 atom stereocenters. The monoisotopic (exact) mass is 536 g/mol. The molecule has 4 aliphatic carbocycles.